The van der Waals surface area contributed by atoms with Crippen LogP contribution in [-0.4, -0.2) is 34.1 Å². The maximum absolute atomic E-state index is 12.3. The number of carbonyl (C=O) groups is 1. The van der Waals surface area contributed by atoms with Crippen LogP contribution < -0.4 is 0 Å². The largest absolute Gasteiger partial charge is 0.417 e. The number of piperidine rings is 1. The van der Waals surface area contributed by atoms with Crippen molar-refractivity contribution < 1.29 is 9.21 Å². The number of hydrogen-bond acceptors (Lipinski definition) is 4. The van der Waals surface area contributed by atoms with Crippen LogP contribution in [0.3, 0.4) is 0 Å². The van der Waals surface area contributed by atoms with Crippen molar-refractivity contribution in [3.05, 3.63) is 47.2 Å². The number of rotatable bonds is 2. The second-order valence-corrected chi connectivity index (χ2v) is 7.56. The molecule has 2 heterocycles. The van der Waals surface area contributed by atoms with E-state index in [2.05, 4.69) is 55.2 Å². The highest BCUT2D eigenvalue weighted by Gasteiger charge is 2.27. The van der Waals surface area contributed by atoms with Gasteiger partial charge in [0.1, 0.15) is 0 Å². The van der Waals surface area contributed by atoms with Crippen LogP contribution in [0, 0.1) is 6.92 Å². The van der Waals surface area contributed by atoms with E-state index < -0.39 is 0 Å². The highest BCUT2D eigenvalue weighted by molar-refractivity contribution is 5.89. The van der Waals surface area contributed by atoms with Gasteiger partial charge in [0.15, 0.2) is 0 Å². The second-order valence-electron chi connectivity index (χ2n) is 7.56. The number of hydrogen-bond donors (Lipinski definition) is 0. The van der Waals surface area contributed by atoms with E-state index in [9.17, 15) is 4.79 Å². The average molecular weight is 327 g/mol. The number of nitrogens with zero attached hydrogens (tertiary/aromatic N) is 3. The quantitative estimate of drug-likeness (QED) is 0.844. The van der Waals surface area contributed by atoms with Crippen molar-refractivity contribution in [2.24, 2.45) is 0 Å². The minimum Gasteiger partial charge on any atom is -0.417 e. The molecule has 0 saturated carbocycles. The van der Waals surface area contributed by atoms with E-state index in [1.165, 1.54) is 11.1 Å². The zero-order valence-corrected chi connectivity index (χ0v) is 14.9. The lowest BCUT2D eigenvalue weighted by molar-refractivity contribution is 0.0671. The van der Waals surface area contributed by atoms with Crippen LogP contribution in [0.15, 0.2) is 28.7 Å². The third kappa shape index (κ3) is 3.50. The Bertz CT molecular complexity index is 705. The fraction of sp³-hybridized carbons (Fsp3) is 0.526. The molecule has 128 valence electrons. The molecule has 1 aromatic heterocycles. The summed E-state index contributed by atoms with van der Waals surface area (Å²) in [6.07, 6.45) is 1.93. The molecule has 1 fully saturated rings. The summed E-state index contributed by atoms with van der Waals surface area (Å²) in [6, 6.07) is 8.94. The van der Waals surface area contributed by atoms with Crippen LogP contribution >= 0.6 is 0 Å². The first kappa shape index (κ1) is 16.7. The summed E-state index contributed by atoms with van der Waals surface area (Å²) in [5, 5.41) is 7.55. The first-order chi connectivity index (χ1) is 11.3. The van der Waals surface area contributed by atoms with Gasteiger partial charge in [-0.3, -0.25) is 4.79 Å². The SMILES string of the molecule is Cc1nnc(C(=O)N2CCC(c3ccc(C(C)(C)C)cc3)CC2)o1. The van der Waals surface area contributed by atoms with Crippen LogP contribution in [0.1, 0.15) is 67.2 Å². The molecule has 5 nitrogen and oxygen atoms in total. The molecule has 0 N–H and O–H groups in total. The smallest absolute Gasteiger partial charge is 0.311 e. The Balaban J connectivity index is 1.61. The Kier molecular flexibility index (Phi) is 4.43. The lowest BCUT2D eigenvalue weighted by Crippen LogP contribution is -2.38. The van der Waals surface area contributed by atoms with Gasteiger partial charge in [-0.15, -0.1) is 10.2 Å². The van der Waals surface area contributed by atoms with E-state index in [1.807, 2.05) is 4.90 Å². The van der Waals surface area contributed by atoms with E-state index in [0.29, 0.717) is 11.8 Å². The zero-order valence-electron chi connectivity index (χ0n) is 14.9. The maximum Gasteiger partial charge on any atom is 0.311 e. The molecule has 1 aliphatic heterocycles. The number of likely N-dealkylation sites (tertiary alicyclic amines) is 1. The molecule has 0 unspecified atom stereocenters. The third-order valence-electron chi connectivity index (χ3n) is 4.74. The Labute approximate surface area is 143 Å². The van der Waals surface area contributed by atoms with Crippen LogP contribution in [0.25, 0.3) is 0 Å². The van der Waals surface area contributed by atoms with Crippen molar-refractivity contribution in [1.29, 1.82) is 0 Å². The van der Waals surface area contributed by atoms with Crippen LogP contribution in [0.2, 0.25) is 0 Å². The zero-order chi connectivity index (χ0) is 17.3. The van der Waals surface area contributed by atoms with Crippen molar-refractivity contribution in [3.8, 4) is 0 Å². The summed E-state index contributed by atoms with van der Waals surface area (Å²) in [7, 11) is 0. The Morgan fingerprint density at radius 3 is 2.25 bits per heavy atom. The van der Waals surface area contributed by atoms with Gasteiger partial charge >= 0.3 is 11.8 Å². The van der Waals surface area contributed by atoms with Gasteiger partial charge in [0, 0.05) is 20.0 Å². The Hall–Kier alpha value is -2.17. The number of aromatic nitrogens is 2. The molecule has 24 heavy (non-hydrogen) atoms. The molecule has 0 atom stereocenters. The van der Waals surface area contributed by atoms with Gasteiger partial charge in [-0.05, 0) is 35.3 Å². The van der Waals surface area contributed by atoms with Crippen molar-refractivity contribution in [3.63, 3.8) is 0 Å². The van der Waals surface area contributed by atoms with E-state index >= 15 is 0 Å². The molecule has 5 heteroatoms. The Morgan fingerprint density at radius 2 is 1.75 bits per heavy atom. The highest BCUT2D eigenvalue weighted by Crippen LogP contribution is 2.30. The number of carbonyl (C=O) groups excluding carboxylic acids is 1. The maximum atomic E-state index is 12.3. The summed E-state index contributed by atoms with van der Waals surface area (Å²) < 4.78 is 5.24. The topological polar surface area (TPSA) is 59.2 Å². The molecule has 2 aromatic rings. The fourth-order valence-electron chi connectivity index (χ4n) is 3.19. The van der Waals surface area contributed by atoms with Gasteiger partial charge in [0.2, 0.25) is 5.89 Å². The number of benzene rings is 1. The molecule has 0 spiro atoms. The molecule has 1 aliphatic rings. The van der Waals surface area contributed by atoms with E-state index in [0.717, 1.165) is 25.9 Å². The normalized spacial score (nSPS) is 16.4. The first-order valence-corrected chi connectivity index (χ1v) is 8.54. The summed E-state index contributed by atoms with van der Waals surface area (Å²) in [5.74, 6) is 0.872. The summed E-state index contributed by atoms with van der Waals surface area (Å²) in [4.78, 5) is 14.2. The minimum absolute atomic E-state index is 0.0977. The molecule has 0 aliphatic carbocycles. The van der Waals surface area contributed by atoms with Crippen molar-refractivity contribution in [2.45, 2.75) is 51.9 Å². The average Bonchev–Trinajstić information content (AvgIpc) is 3.00. The predicted molar refractivity (Wildman–Crippen MR) is 92.1 cm³/mol. The molecule has 3 rings (SSSR count). The van der Waals surface area contributed by atoms with Gasteiger partial charge in [-0.2, -0.15) is 0 Å². The number of aryl methyl sites for hydroxylation is 1. The lowest BCUT2D eigenvalue weighted by atomic mass is 9.84. The molecular weight excluding hydrogens is 302 g/mol. The Morgan fingerprint density at radius 1 is 1.12 bits per heavy atom. The highest BCUT2D eigenvalue weighted by atomic mass is 16.4. The molecule has 0 radical (unpaired) electrons. The molecule has 1 aromatic carbocycles. The monoisotopic (exact) mass is 327 g/mol. The van der Waals surface area contributed by atoms with Gasteiger partial charge in [-0.25, -0.2) is 0 Å². The summed E-state index contributed by atoms with van der Waals surface area (Å²) in [6.45, 7) is 9.83. The molecule has 1 saturated heterocycles. The van der Waals surface area contributed by atoms with E-state index in [1.54, 1.807) is 6.92 Å². The molecule has 0 bridgehead atoms. The van der Waals surface area contributed by atoms with Crippen molar-refractivity contribution in [2.75, 3.05) is 13.1 Å². The van der Waals surface area contributed by atoms with E-state index in [-0.39, 0.29) is 17.2 Å². The minimum atomic E-state index is -0.155. The summed E-state index contributed by atoms with van der Waals surface area (Å²) in [5.41, 5.74) is 2.89. The van der Waals surface area contributed by atoms with Gasteiger partial charge in [0.25, 0.3) is 0 Å². The lowest BCUT2D eigenvalue weighted by Gasteiger charge is -2.31. The standard InChI is InChI=1S/C19H25N3O2/c1-13-20-21-17(24-13)18(23)22-11-9-15(10-12-22)14-5-7-16(8-6-14)19(2,3)4/h5-8,15H,9-12H2,1-4H3. The van der Waals surface area contributed by atoms with Crippen LogP contribution in [0.5, 0.6) is 0 Å². The first-order valence-electron chi connectivity index (χ1n) is 8.54. The van der Waals surface area contributed by atoms with Gasteiger partial charge < -0.3 is 9.32 Å². The third-order valence-corrected chi connectivity index (χ3v) is 4.74. The number of amides is 1. The van der Waals surface area contributed by atoms with Gasteiger partial charge in [-0.1, -0.05) is 45.0 Å². The molecule has 1 amide bonds. The van der Waals surface area contributed by atoms with Crippen molar-refractivity contribution in [1.82, 2.24) is 15.1 Å². The van der Waals surface area contributed by atoms with Crippen LogP contribution in [-0.2, 0) is 5.41 Å². The second kappa shape index (κ2) is 6.38. The van der Waals surface area contributed by atoms with E-state index in [4.69, 9.17) is 4.42 Å². The van der Waals surface area contributed by atoms with Crippen LogP contribution in [0.4, 0.5) is 0 Å². The molecular formula is C19H25N3O2. The van der Waals surface area contributed by atoms with Gasteiger partial charge in [0.05, 0.1) is 0 Å². The predicted octanol–water partition coefficient (Wildman–Crippen LogP) is 3.70. The summed E-state index contributed by atoms with van der Waals surface area (Å²) >= 11 is 0. The fourth-order valence-corrected chi connectivity index (χ4v) is 3.19. The van der Waals surface area contributed by atoms with Crippen molar-refractivity contribution >= 4 is 5.91 Å².